The van der Waals surface area contributed by atoms with Gasteiger partial charge in [0.25, 0.3) is 5.91 Å². The summed E-state index contributed by atoms with van der Waals surface area (Å²) >= 11 is 0. The van der Waals surface area contributed by atoms with Crippen molar-refractivity contribution in [3.05, 3.63) is 84.4 Å². The quantitative estimate of drug-likeness (QED) is 0.606. The van der Waals surface area contributed by atoms with Gasteiger partial charge in [-0.2, -0.15) is 0 Å². The van der Waals surface area contributed by atoms with Gasteiger partial charge in [0.15, 0.2) is 6.61 Å². The highest BCUT2D eigenvalue weighted by atomic mass is 16.5. The van der Waals surface area contributed by atoms with Crippen LogP contribution in [0.3, 0.4) is 0 Å². The van der Waals surface area contributed by atoms with Gasteiger partial charge in [0.05, 0.1) is 7.11 Å². The molecule has 1 amide bonds. The summed E-state index contributed by atoms with van der Waals surface area (Å²) in [6, 6.07) is 24.5. The molecule has 0 radical (unpaired) electrons. The minimum atomic E-state index is -0.155. The van der Waals surface area contributed by atoms with E-state index in [-0.39, 0.29) is 12.5 Å². The molecular weight excluding hydrogens is 354 g/mol. The van der Waals surface area contributed by atoms with Gasteiger partial charge in [-0.1, -0.05) is 30.3 Å². The Morgan fingerprint density at radius 3 is 2.07 bits per heavy atom. The lowest BCUT2D eigenvalue weighted by Gasteiger charge is -2.09. The van der Waals surface area contributed by atoms with Crippen LogP contribution in [0.5, 0.6) is 23.0 Å². The molecule has 0 bridgehead atoms. The third kappa shape index (κ3) is 6.06. The molecule has 0 saturated carbocycles. The SMILES string of the molecule is COc1ccc(CCNC(=O)COc2ccc(Oc3ccccc3)cc2)cc1. The van der Waals surface area contributed by atoms with Crippen LogP contribution in [0.25, 0.3) is 0 Å². The van der Waals surface area contributed by atoms with Crippen LogP contribution in [0.4, 0.5) is 0 Å². The second-order valence-electron chi connectivity index (χ2n) is 6.12. The fourth-order valence-electron chi connectivity index (χ4n) is 2.57. The first kappa shape index (κ1) is 19.3. The number of para-hydroxylation sites is 1. The zero-order valence-corrected chi connectivity index (χ0v) is 15.8. The Morgan fingerprint density at radius 1 is 0.786 bits per heavy atom. The molecule has 0 aliphatic carbocycles. The van der Waals surface area contributed by atoms with Gasteiger partial charge >= 0.3 is 0 Å². The number of nitrogens with one attached hydrogen (secondary N) is 1. The van der Waals surface area contributed by atoms with Gasteiger partial charge in [0.2, 0.25) is 0 Å². The predicted octanol–water partition coefficient (Wildman–Crippen LogP) is 4.23. The van der Waals surface area contributed by atoms with Crippen molar-refractivity contribution in [3.8, 4) is 23.0 Å². The maximum Gasteiger partial charge on any atom is 0.257 e. The Balaban J connectivity index is 1.38. The van der Waals surface area contributed by atoms with Gasteiger partial charge in [-0.3, -0.25) is 4.79 Å². The van der Waals surface area contributed by atoms with Gasteiger partial charge in [-0.25, -0.2) is 0 Å². The first-order chi connectivity index (χ1) is 13.7. The van der Waals surface area contributed by atoms with E-state index in [4.69, 9.17) is 14.2 Å². The Labute approximate surface area is 164 Å². The van der Waals surface area contributed by atoms with Crippen LogP contribution in [0.2, 0.25) is 0 Å². The number of carbonyl (C=O) groups excluding carboxylic acids is 1. The van der Waals surface area contributed by atoms with Crippen molar-refractivity contribution in [3.63, 3.8) is 0 Å². The van der Waals surface area contributed by atoms with E-state index in [0.29, 0.717) is 18.0 Å². The molecule has 5 heteroatoms. The molecule has 0 aliphatic rings. The van der Waals surface area contributed by atoms with Crippen LogP contribution in [0.15, 0.2) is 78.9 Å². The molecule has 0 aliphatic heterocycles. The Kier molecular flexibility index (Phi) is 6.90. The van der Waals surface area contributed by atoms with Crippen LogP contribution < -0.4 is 19.5 Å². The van der Waals surface area contributed by atoms with E-state index in [1.54, 1.807) is 19.2 Å². The molecule has 0 heterocycles. The van der Waals surface area contributed by atoms with Crippen LogP contribution in [-0.4, -0.2) is 26.2 Å². The summed E-state index contributed by atoms with van der Waals surface area (Å²) < 4.78 is 16.4. The third-order valence-electron chi connectivity index (χ3n) is 4.07. The normalized spacial score (nSPS) is 10.2. The van der Waals surface area contributed by atoms with Crippen molar-refractivity contribution in [2.45, 2.75) is 6.42 Å². The van der Waals surface area contributed by atoms with Gasteiger partial charge in [-0.15, -0.1) is 0 Å². The van der Waals surface area contributed by atoms with Gasteiger partial charge in [0.1, 0.15) is 23.0 Å². The van der Waals surface area contributed by atoms with E-state index in [1.165, 1.54) is 0 Å². The average molecular weight is 377 g/mol. The number of amides is 1. The number of hydrogen-bond donors (Lipinski definition) is 1. The fourth-order valence-corrected chi connectivity index (χ4v) is 2.57. The summed E-state index contributed by atoms with van der Waals surface area (Å²) in [5.41, 5.74) is 1.14. The molecule has 5 nitrogen and oxygen atoms in total. The minimum absolute atomic E-state index is 0.0263. The zero-order valence-electron chi connectivity index (χ0n) is 15.8. The Hall–Kier alpha value is -3.47. The van der Waals surface area contributed by atoms with E-state index in [1.807, 2.05) is 66.7 Å². The monoisotopic (exact) mass is 377 g/mol. The van der Waals surface area contributed by atoms with E-state index in [9.17, 15) is 4.79 Å². The first-order valence-corrected chi connectivity index (χ1v) is 9.08. The number of methoxy groups -OCH3 is 1. The number of benzene rings is 3. The Bertz CT molecular complexity index is 861. The number of rotatable bonds is 9. The molecular formula is C23H23NO4. The molecule has 3 rings (SSSR count). The lowest BCUT2D eigenvalue weighted by molar-refractivity contribution is -0.123. The first-order valence-electron chi connectivity index (χ1n) is 9.08. The van der Waals surface area contributed by atoms with Crippen molar-refractivity contribution >= 4 is 5.91 Å². The van der Waals surface area contributed by atoms with Crippen molar-refractivity contribution in [2.75, 3.05) is 20.3 Å². The molecule has 0 atom stereocenters. The molecule has 3 aromatic rings. The molecule has 3 aromatic carbocycles. The Morgan fingerprint density at radius 2 is 1.39 bits per heavy atom. The summed E-state index contributed by atoms with van der Waals surface area (Å²) in [5.74, 6) is 2.76. The van der Waals surface area contributed by atoms with Crippen LogP contribution in [0, 0.1) is 0 Å². The summed E-state index contributed by atoms with van der Waals surface area (Å²) in [6.45, 7) is 0.528. The fraction of sp³-hybridized carbons (Fsp3) is 0.174. The van der Waals surface area contributed by atoms with E-state index >= 15 is 0 Å². The lowest BCUT2D eigenvalue weighted by Crippen LogP contribution is -2.30. The van der Waals surface area contributed by atoms with Crippen molar-refractivity contribution in [1.82, 2.24) is 5.32 Å². The molecule has 0 saturated heterocycles. The molecule has 0 unspecified atom stereocenters. The lowest BCUT2D eigenvalue weighted by atomic mass is 10.1. The second-order valence-corrected chi connectivity index (χ2v) is 6.12. The minimum Gasteiger partial charge on any atom is -0.497 e. The van der Waals surface area contributed by atoms with E-state index < -0.39 is 0 Å². The van der Waals surface area contributed by atoms with Crippen molar-refractivity contribution in [2.24, 2.45) is 0 Å². The third-order valence-corrected chi connectivity index (χ3v) is 4.07. The molecule has 0 spiro atoms. The number of carbonyl (C=O) groups is 1. The number of ether oxygens (including phenoxy) is 3. The zero-order chi connectivity index (χ0) is 19.6. The maximum absolute atomic E-state index is 11.9. The van der Waals surface area contributed by atoms with E-state index in [0.717, 1.165) is 23.5 Å². The second kappa shape index (κ2) is 10.0. The van der Waals surface area contributed by atoms with Crippen LogP contribution in [0.1, 0.15) is 5.56 Å². The topological polar surface area (TPSA) is 56.8 Å². The highest BCUT2D eigenvalue weighted by molar-refractivity contribution is 5.77. The summed E-state index contributed by atoms with van der Waals surface area (Å²) in [7, 11) is 1.64. The van der Waals surface area contributed by atoms with Crippen molar-refractivity contribution < 1.29 is 19.0 Å². The highest BCUT2D eigenvalue weighted by Gasteiger charge is 2.04. The van der Waals surface area contributed by atoms with Crippen molar-refractivity contribution in [1.29, 1.82) is 0 Å². The molecule has 1 N–H and O–H groups in total. The molecule has 0 aromatic heterocycles. The highest BCUT2D eigenvalue weighted by Crippen LogP contribution is 2.23. The van der Waals surface area contributed by atoms with Crippen LogP contribution in [-0.2, 0) is 11.2 Å². The van der Waals surface area contributed by atoms with E-state index in [2.05, 4.69) is 5.32 Å². The van der Waals surface area contributed by atoms with Gasteiger partial charge in [-0.05, 0) is 60.5 Å². The summed E-state index contributed by atoms with van der Waals surface area (Å²) in [4.78, 5) is 11.9. The number of hydrogen-bond acceptors (Lipinski definition) is 4. The summed E-state index contributed by atoms with van der Waals surface area (Å²) in [5, 5.41) is 2.85. The van der Waals surface area contributed by atoms with Crippen LogP contribution >= 0.6 is 0 Å². The maximum atomic E-state index is 11.9. The summed E-state index contributed by atoms with van der Waals surface area (Å²) in [6.07, 6.45) is 0.751. The largest absolute Gasteiger partial charge is 0.497 e. The van der Waals surface area contributed by atoms with Gasteiger partial charge in [0, 0.05) is 6.54 Å². The molecule has 28 heavy (non-hydrogen) atoms. The molecule has 0 fully saturated rings. The standard InChI is InChI=1S/C23H23NO4/c1-26-19-9-7-18(8-10-19)15-16-24-23(25)17-27-20-11-13-22(14-12-20)28-21-5-3-2-4-6-21/h2-14H,15-17H2,1H3,(H,24,25). The van der Waals surface area contributed by atoms with Gasteiger partial charge < -0.3 is 19.5 Å². The molecule has 144 valence electrons. The smallest absolute Gasteiger partial charge is 0.257 e. The predicted molar refractivity (Wildman–Crippen MR) is 108 cm³/mol. The average Bonchev–Trinajstić information content (AvgIpc) is 2.74.